The van der Waals surface area contributed by atoms with Crippen LogP contribution in [0.1, 0.15) is 22.3 Å². The van der Waals surface area contributed by atoms with Gasteiger partial charge in [-0.25, -0.2) is 4.98 Å². The summed E-state index contributed by atoms with van der Waals surface area (Å²) in [7, 11) is 0. The number of fused-ring (bicyclic) bond motifs is 8. The van der Waals surface area contributed by atoms with Gasteiger partial charge >= 0.3 is 20.1 Å². The first-order chi connectivity index (χ1) is 30.2. The van der Waals surface area contributed by atoms with Crippen molar-refractivity contribution in [1.82, 2.24) is 24.3 Å². The minimum atomic E-state index is 0. The van der Waals surface area contributed by atoms with Crippen LogP contribution in [-0.4, -0.2) is 24.3 Å². The first kappa shape index (κ1) is 39.1. The van der Waals surface area contributed by atoms with E-state index in [-0.39, 0.29) is 20.1 Å². The number of rotatable bonds is 10. The molecule has 0 aliphatic carbocycles. The van der Waals surface area contributed by atoms with Gasteiger partial charge in [0.15, 0.2) is 0 Å². The summed E-state index contributed by atoms with van der Waals surface area (Å²) in [5.41, 5.74) is 18.3. The van der Waals surface area contributed by atoms with E-state index in [1.807, 2.05) is 85.3 Å². The van der Waals surface area contributed by atoms with Gasteiger partial charge in [-0.3, -0.25) is 0 Å². The summed E-state index contributed by atoms with van der Waals surface area (Å²) in [4.78, 5) is 19.9. The van der Waals surface area contributed by atoms with Crippen LogP contribution in [0.15, 0.2) is 182 Å². The molecule has 11 rings (SSSR count). The normalized spacial score (nSPS) is 11.4. The molecule has 5 heterocycles. The largest absolute Gasteiger partial charge is 3.00 e. The fraction of sp³-hybridized carbons (Fsp3) is 0.0714. The Morgan fingerprint density at radius 3 is 1.66 bits per heavy atom. The first-order valence-corrected chi connectivity index (χ1v) is 20.8. The standard InChI is InChI=1S/C56H38N5.Ir/c1-3-13-42(14-4-1)50-29-27-38(35-57-50)23-25-40-31-41(26-24-39-28-30-51(58-36-39)43-15-5-2-6-16-43)33-44(32-40)46-17-7-8-18-47(46)45-34-49-55(59-37-45)48-19-9-11-21-53(48)61-54-22-12-10-20-52(54)60-56(49)61;/h1-13,15,17-18,20-22,27-37H,23-26H2;/q-3;+3. The van der Waals surface area contributed by atoms with Crippen molar-refractivity contribution in [3.8, 4) is 44.8 Å². The Balaban J connectivity index is 0.00000458. The molecule has 0 atom stereocenters. The zero-order valence-corrected chi connectivity index (χ0v) is 36.1. The Labute approximate surface area is 374 Å². The molecule has 6 heteroatoms. The van der Waals surface area contributed by atoms with E-state index >= 15 is 0 Å². The molecule has 0 amide bonds. The molecule has 5 aromatic heterocycles. The van der Waals surface area contributed by atoms with E-state index in [4.69, 9.17) is 19.9 Å². The third-order valence-corrected chi connectivity index (χ3v) is 11.6. The van der Waals surface area contributed by atoms with E-state index in [9.17, 15) is 0 Å². The van der Waals surface area contributed by atoms with Crippen LogP contribution in [-0.2, 0) is 45.8 Å². The van der Waals surface area contributed by atoms with Crippen molar-refractivity contribution in [2.24, 2.45) is 0 Å². The summed E-state index contributed by atoms with van der Waals surface area (Å²) in [6, 6.07) is 67.2. The predicted octanol–water partition coefficient (Wildman–Crippen LogP) is 12.6. The average molecular weight is 973 g/mol. The molecule has 0 saturated carbocycles. The van der Waals surface area contributed by atoms with Gasteiger partial charge in [0.25, 0.3) is 0 Å². The Morgan fingerprint density at radius 1 is 0.452 bits per heavy atom. The van der Waals surface area contributed by atoms with Crippen LogP contribution in [0.5, 0.6) is 0 Å². The molecule has 0 aliphatic rings. The van der Waals surface area contributed by atoms with Crippen molar-refractivity contribution in [2.45, 2.75) is 25.7 Å². The number of aryl methyl sites for hydroxylation is 4. The molecule has 5 nitrogen and oxygen atoms in total. The van der Waals surface area contributed by atoms with E-state index in [2.05, 4.69) is 120 Å². The van der Waals surface area contributed by atoms with Gasteiger partial charge in [-0.15, -0.1) is 101 Å². The molecular formula is C56H38IrN5. The fourth-order valence-corrected chi connectivity index (χ4v) is 8.58. The molecule has 0 N–H and O–H groups in total. The smallest absolute Gasteiger partial charge is 0.335 e. The van der Waals surface area contributed by atoms with Crippen LogP contribution in [0.3, 0.4) is 0 Å². The Kier molecular flexibility index (Phi) is 10.8. The second-order valence-electron chi connectivity index (χ2n) is 15.5. The summed E-state index contributed by atoms with van der Waals surface area (Å²) in [6.45, 7) is 0. The molecule has 0 spiro atoms. The molecular weight excluding hydrogens is 935 g/mol. The summed E-state index contributed by atoms with van der Waals surface area (Å²) in [6.07, 6.45) is 9.56. The van der Waals surface area contributed by atoms with Crippen molar-refractivity contribution >= 4 is 38.5 Å². The quantitative estimate of drug-likeness (QED) is 0.101. The molecule has 6 aromatic carbocycles. The topological polar surface area (TPSA) is 56.0 Å². The van der Waals surface area contributed by atoms with E-state index in [1.165, 1.54) is 33.4 Å². The van der Waals surface area contributed by atoms with Crippen LogP contribution in [0, 0.1) is 18.2 Å². The predicted molar refractivity (Wildman–Crippen MR) is 247 cm³/mol. The van der Waals surface area contributed by atoms with E-state index in [1.54, 1.807) is 0 Å². The number of para-hydroxylation sites is 2. The maximum Gasteiger partial charge on any atom is 3.00 e. The Morgan fingerprint density at radius 2 is 1.03 bits per heavy atom. The monoisotopic (exact) mass is 973 g/mol. The van der Waals surface area contributed by atoms with Gasteiger partial charge in [-0.05, 0) is 105 Å². The average Bonchev–Trinajstić information content (AvgIpc) is 3.74. The van der Waals surface area contributed by atoms with Gasteiger partial charge in [0.2, 0.25) is 0 Å². The van der Waals surface area contributed by atoms with E-state index in [0.717, 1.165) is 97.8 Å². The molecule has 0 radical (unpaired) electrons. The van der Waals surface area contributed by atoms with Crippen LogP contribution in [0.4, 0.5) is 0 Å². The van der Waals surface area contributed by atoms with Crippen molar-refractivity contribution in [2.75, 3.05) is 0 Å². The van der Waals surface area contributed by atoms with E-state index in [0.29, 0.717) is 0 Å². The van der Waals surface area contributed by atoms with Crippen LogP contribution >= 0.6 is 0 Å². The molecule has 0 saturated heterocycles. The van der Waals surface area contributed by atoms with Crippen LogP contribution in [0.2, 0.25) is 0 Å². The first-order valence-electron chi connectivity index (χ1n) is 20.8. The molecule has 11 aromatic rings. The maximum absolute atomic E-state index is 5.16. The summed E-state index contributed by atoms with van der Waals surface area (Å²) in [5.74, 6) is 0. The van der Waals surface area contributed by atoms with Crippen molar-refractivity contribution in [3.05, 3.63) is 223 Å². The van der Waals surface area contributed by atoms with Crippen molar-refractivity contribution < 1.29 is 20.1 Å². The fourth-order valence-electron chi connectivity index (χ4n) is 8.58. The Bertz CT molecular complexity index is 3240. The Hall–Kier alpha value is -7.11. The molecule has 0 unspecified atom stereocenters. The van der Waals surface area contributed by atoms with Gasteiger partial charge < -0.3 is 19.4 Å². The number of hydrogen-bond acceptors (Lipinski definition) is 4. The SMILES string of the molecule is [Ir+3].[c-]1ccccc1-c1ccc(CCc2cc(CCc3ccc(-c4[c-]cccc4)nc3)cc(-c3ccccc3-c3cnc4c5[c-]cccc5n5c6ccccc6nc5c4c3)c2)cn1. The van der Waals surface area contributed by atoms with Gasteiger partial charge in [0.05, 0.1) is 11.0 Å². The third-order valence-electron chi connectivity index (χ3n) is 11.6. The second-order valence-corrected chi connectivity index (χ2v) is 15.5. The molecule has 0 aliphatic heterocycles. The minimum absolute atomic E-state index is 0. The zero-order chi connectivity index (χ0) is 40.5. The number of imidazole rings is 1. The number of pyridine rings is 4. The number of benzene rings is 6. The maximum atomic E-state index is 5.16. The van der Waals surface area contributed by atoms with Gasteiger partial charge in [-0.2, -0.15) is 0 Å². The zero-order valence-electron chi connectivity index (χ0n) is 33.7. The number of aromatic nitrogens is 5. The number of nitrogens with zero attached hydrogens (tertiary/aromatic N) is 5. The minimum Gasteiger partial charge on any atom is -0.335 e. The molecule has 62 heavy (non-hydrogen) atoms. The third kappa shape index (κ3) is 7.60. The van der Waals surface area contributed by atoms with Gasteiger partial charge in [0.1, 0.15) is 5.65 Å². The van der Waals surface area contributed by atoms with Crippen LogP contribution in [0.25, 0.3) is 83.3 Å². The summed E-state index contributed by atoms with van der Waals surface area (Å²) in [5, 5.41) is 1.99. The molecule has 296 valence electrons. The van der Waals surface area contributed by atoms with Crippen molar-refractivity contribution in [3.63, 3.8) is 0 Å². The number of hydrogen-bond donors (Lipinski definition) is 0. The molecule has 0 fully saturated rings. The summed E-state index contributed by atoms with van der Waals surface area (Å²) >= 11 is 0. The second kappa shape index (κ2) is 17.1. The van der Waals surface area contributed by atoms with E-state index < -0.39 is 0 Å². The van der Waals surface area contributed by atoms with Gasteiger partial charge in [0, 0.05) is 29.5 Å². The van der Waals surface area contributed by atoms with Crippen molar-refractivity contribution in [1.29, 1.82) is 0 Å². The van der Waals surface area contributed by atoms with Gasteiger partial charge in [-0.1, -0.05) is 78.9 Å². The van der Waals surface area contributed by atoms with Crippen LogP contribution < -0.4 is 0 Å². The molecule has 0 bridgehead atoms. The summed E-state index contributed by atoms with van der Waals surface area (Å²) < 4.78 is 2.25.